The molecule has 0 saturated carbocycles. The van der Waals surface area contributed by atoms with Crippen LogP contribution in [0.15, 0.2) is 28.7 Å². The van der Waals surface area contributed by atoms with Gasteiger partial charge in [-0.15, -0.1) is 0 Å². The first-order chi connectivity index (χ1) is 26.1. The zero-order valence-corrected chi connectivity index (χ0v) is 36.1. The number of carbonyl (C=O) groups is 5. The molecule has 4 N–H and O–H groups in total. The number of halogens is 1. The molecule has 0 aliphatic carbocycles. The van der Waals surface area contributed by atoms with Gasteiger partial charge in [0.25, 0.3) is 5.91 Å². The van der Waals surface area contributed by atoms with Crippen molar-refractivity contribution in [3.63, 3.8) is 0 Å². The minimum Gasteiger partial charge on any atom is -0.459 e. The first-order valence-electron chi connectivity index (χ1n) is 19.3. The van der Waals surface area contributed by atoms with E-state index < -0.39 is 89.2 Å². The van der Waals surface area contributed by atoms with E-state index >= 15 is 0 Å². The number of rotatable bonds is 10. The molecule has 0 spiro atoms. The maximum Gasteiger partial charge on any atom is 0.407 e. The van der Waals surface area contributed by atoms with Crippen LogP contribution in [0.4, 0.5) is 4.79 Å². The van der Waals surface area contributed by atoms with Crippen molar-refractivity contribution in [3.05, 3.63) is 34.3 Å². The second-order valence-electron chi connectivity index (χ2n) is 15.9. The molecule has 2 saturated heterocycles. The van der Waals surface area contributed by atoms with Crippen molar-refractivity contribution in [1.29, 1.82) is 0 Å². The smallest absolute Gasteiger partial charge is 0.407 e. The predicted octanol–water partition coefficient (Wildman–Crippen LogP) is 3.65. The second-order valence-corrected chi connectivity index (χ2v) is 16.8. The molecule has 16 heteroatoms. The van der Waals surface area contributed by atoms with E-state index in [0.717, 1.165) is 4.47 Å². The van der Waals surface area contributed by atoms with E-state index in [-0.39, 0.29) is 44.0 Å². The largest absolute Gasteiger partial charge is 0.459 e. The number of esters is 1. The van der Waals surface area contributed by atoms with Crippen LogP contribution in [-0.2, 0) is 38.1 Å². The lowest BCUT2D eigenvalue weighted by atomic mass is 9.74. The van der Waals surface area contributed by atoms with Crippen LogP contribution in [0, 0.1) is 23.7 Å². The van der Waals surface area contributed by atoms with Gasteiger partial charge < -0.3 is 49.4 Å². The average Bonchev–Trinajstić information content (AvgIpc) is 3.15. The lowest BCUT2D eigenvalue weighted by molar-refractivity contribution is -0.295. The Labute approximate surface area is 339 Å². The number of carbonyl (C=O) groups excluding carboxylic acids is 5. The molecule has 0 bridgehead atoms. The van der Waals surface area contributed by atoms with E-state index in [1.54, 1.807) is 52.0 Å². The molecule has 2 amide bonds. The Bertz CT molecular complexity index is 1530. The maximum atomic E-state index is 14.3. The van der Waals surface area contributed by atoms with Crippen LogP contribution in [0.1, 0.15) is 85.0 Å². The number of cyclic esters (lactones) is 1. The molecule has 0 unspecified atom stereocenters. The highest BCUT2D eigenvalue weighted by molar-refractivity contribution is 9.10. The van der Waals surface area contributed by atoms with Gasteiger partial charge in [-0.25, -0.2) is 4.79 Å². The summed E-state index contributed by atoms with van der Waals surface area (Å²) in [6.07, 6.45) is -6.92. The van der Waals surface area contributed by atoms with Crippen molar-refractivity contribution < 1.29 is 57.9 Å². The SMILES string of the molecule is CC[C@H]1OC(=O)[C@H](C)C(=O)[C@H](C)[C@@H](O[C@@H]2O[C@H](C)C[C@H](N(C)C)[C@H]2O)[C@](C)(OC)C[C@@H](C)C(=O)[C@H](C)[C@@H](OC(=O)NCCNC(=O)c2ccc(Br)cc2)[C@]1(C)O. The number of methoxy groups -OCH3 is 1. The monoisotopic (exact) mass is 855 g/mol. The molecular weight excluding hydrogens is 794 g/mol. The number of aliphatic hydroxyl groups is 2. The van der Waals surface area contributed by atoms with Gasteiger partial charge in [0.1, 0.15) is 35.6 Å². The highest BCUT2D eigenvalue weighted by Crippen LogP contribution is 2.39. The molecule has 1 aromatic carbocycles. The Morgan fingerprint density at radius 1 is 0.964 bits per heavy atom. The predicted molar refractivity (Wildman–Crippen MR) is 210 cm³/mol. The van der Waals surface area contributed by atoms with Crippen molar-refractivity contribution in [1.82, 2.24) is 15.5 Å². The van der Waals surface area contributed by atoms with Crippen molar-refractivity contribution in [3.8, 4) is 0 Å². The first-order valence-corrected chi connectivity index (χ1v) is 20.1. The molecule has 0 radical (unpaired) electrons. The second kappa shape index (κ2) is 20.1. The van der Waals surface area contributed by atoms with Gasteiger partial charge in [0.2, 0.25) is 0 Å². The molecule has 15 nitrogen and oxygen atoms in total. The van der Waals surface area contributed by atoms with Crippen molar-refractivity contribution >= 4 is 45.5 Å². The standard InChI is InChI=1S/C40H62BrN3O12/c1-12-29-40(8,51)34(56-38(50)43-18-17-42-35(48)26-13-15-27(41)16-14-26)23(4)30(45)21(2)20-39(7,52-11)33(24(5)31(46)25(6)36(49)54-29)55-37-32(47)28(44(9)10)19-22(3)53-37/h13-16,21-25,28-29,32-34,37,47,51H,12,17-20H2,1-11H3,(H,42,48)(H,43,50)/t21-,22-,23+,24+,25-,28+,29-,32-,33-,34-,37+,39-,40-/m1/s1. The molecule has 56 heavy (non-hydrogen) atoms. The Kier molecular flexibility index (Phi) is 17.0. The number of nitrogens with zero attached hydrogens (tertiary/aromatic N) is 1. The summed E-state index contributed by atoms with van der Waals surface area (Å²) in [6.45, 7) is 12.7. The van der Waals surface area contributed by atoms with Crippen molar-refractivity contribution in [2.45, 2.75) is 129 Å². The summed E-state index contributed by atoms with van der Waals surface area (Å²) in [5.74, 6) is -6.54. The number of Topliss-reactive ketones (excluding diaryl/α,β-unsaturated/α-hetero) is 2. The summed E-state index contributed by atoms with van der Waals surface area (Å²) >= 11 is 3.33. The van der Waals surface area contributed by atoms with E-state index in [1.165, 1.54) is 27.9 Å². The van der Waals surface area contributed by atoms with Gasteiger partial charge in [0, 0.05) is 48.1 Å². The van der Waals surface area contributed by atoms with E-state index in [1.807, 2.05) is 25.9 Å². The molecule has 0 aromatic heterocycles. The third-order valence-electron chi connectivity index (χ3n) is 11.3. The first kappa shape index (κ1) is 47.4. The number of ketones is 2. The lowest BCUT2D eigenvalue weighted by Gasteiger charge is -2.47. The molecule has 1 aromatic rings. The lowest BCUT2D eigenvalue weighted by Crippen LogP contribution is -2.60. The zero-order chi connectivity index (χ0) is 42.3. The van der Waals surface area contributed by atoms with E-state index in [0.29, 0.717) is 12.0 Å². The van der Waals surface area contributed by atoms with Crippen molar-refractivity contribution in [2.75, 3.05) is 34.3 Å². The maximum absolute atomic E-state index is 14.3. The fourth-order valence-electron chi connectivity index (χ4n) is 7.84. The molecule has 2 fully saturated rings. The number of hydrogen-bond acceptors (Lipinski definition) is 13. The van der Waals surface area contributed by atoms with Gasteiger partial charge in [-0.1, -0.05) is 43.6 Å². The number of aliphatic hydroxyl groups excluding tert-OH is 1. The highest BCUT2D eigenvalue weighted by atomic mass is 79.9. The topological polar surface area (TPSA) is 199 Å². The minimum absolute atomic E-state index is 0.000401. The van der Waals surface area contributed by atoms with Crippen LogP contribution < -0.4 is 10.6 Å². The van der Waals surface area contributed by atoms with Gasteiger partial charge in [0.15, 0.2) is 12.1 Å². The quantitative estimate of drug-likeness (QED) is 0.151. The van der Waals surface area contributed by atoms with E-state index in [4.69, 9.17) is 23.7 Å². The number of alkyl carbamates (subject to hydrolysis) is 1. The van der Waals surface area contributed by atoms with Gasteiger partial charge in [-0.05, 0) is 85.3 Å². The summed E-state index contributed by atoms with van der Waals surface area (Å²) in [6, 6.07) is 6.42. The van der Waals surface area contributed by atoms with Crippen molar-refractivity contribution in [2.24, 2.45) is 23.7 Å². The summed E-state index contributed by atoms with van der Waals surface area (Å²) in [4.78, 5) is 69.8. The number of benzene rings is 1. The van der Waals surface area contributed by atoms with Gasteiger partial charge in [-0.2, -0.15) is 0 Å². The molecule has 2 aliphatic heterocycles. The third kappa shape index (κ3) is 11.4. The van der Waals surface area contributed by atoms with Crippen LogP contribution in [0.5, 0.6) is 0 Å². The molecule has 2 heterocycles. The molecular formula is C40H62BrN3O12. The normalized spacial score (nSPS) is 36.3. The summed E-state index contributed by atoms with van der Waals surface area (Å²) < 4.78 is 31.1. The van der Waals surface area contributed by atoms with Gasteiger partial charge in [0.05, 0.1) is 23.7 Å². The highest BCUT2D eigenvalue weighted by Gasteiger charge is 2.53. The number of likely N-dealkylation sites (N-methyl/N-ethyl adjacent to an activating group) is 1. The van der Waals surface area contributed by atoms with Crippen LogP contribution in [-0.4, -0.2) is 133 Å². The Morgan fingerprint density at radius 2 is 1.55 bits per heavy atom. The summed E-state index contributed by atoms with van der Waals surface area (Å²) in [5.41, 5.74) is -3.04. The minimum atomic E-state index is -2.10. The Morgan fingerprint density at radius 3 is 2.12 bits per heavy atom. The summed E-state index contributed by atoms with van der Waals surface area (Å²) in [7, 11) is 5.10. The fraction of sp³-hybridized carbons (Fsp3) is 0.725. The number of nitrogens with one attached hydrogen (secondary N) is 2. The van der Waals surface area contributed by atoms with Crippen LogP contribution in [0.25, 0.3) is 0 Å². The van der Waals surface area contributed by atoms with Gasteiger partial charge >= 0.3 is 12.1 Å². The van der Waals surface area contributed by atoms with Crippen LogP contribution >= 0.6 is 15.9 Å². The Hall–Kier alpha value is -2.99. The molecule has 13 atom stereocenters. The van der Waals surface area contributed by atoms with E-state index in [2.05, 4.69) is 26.6 Å². The zero-order valence-electron chi connectivity index (χ0n) is 34.5. The van der Waals surface area contributed by atoms with Crippen LogP contribution in [0.3, 0.4) is 0 Å². The molecule has 2 aliphatic rings. The number of amides is 2. The fourth-order valence-corrected chi connectivity index (χ4v) is 8.11. The summed E-state index contributed by atoms with van der Waals surface area (Å²) in [5, 5.41) is 28.7. The van der Waals surface area contributed by atoms with Gasteiger partial charge in [-0.3, -0.25) is 19.2 Å². The third-order valence-corrected chi connectivity index (χ3v) is 11.8. The van der Waals surface area contributed by atoms with E-state index in [9.17, 15) is 34.2 Å². The Balaban J connectivity index is 1.94. The number of ether oxygens (including phenoxy) is 5. The number of hydrogen-bond donors (Lipinski definition) is 4. The van der Waals surface area contributed by atoms with Crippen LogP contribution in [0.2, 0.25) is 0 Å². The average molecular weight is 857 g/mol. The molecule has 3 rings (SSSR count). The molecule has 316 valence electrons.